The van der Waals surface area contributed by atoms with E-state index in [0.29, 0.717) is 32.7 Å². The van der Waals surface area contributed by atoms with E-state index in [-0.39, 0.29) is 6.04 Å². The molecule has 2 rings (SSSR count). The van der Waals surface area contributed by atoms with Crippen LogP contribution in [0.4, 0.5) is 13.2 Å². The van der Waals surface area contributed by atoms with Gasteiger partial charge in [0.1, 0.15) is 0 Å². The van der Waals surface area contributed by atoms with Crippen molar-refractivity contribution in [3.05, 3.63) is 0 Å². The van der Waals surface area contributed by atoms with Gasteiger partial charge in [-0.05, 0) is 12.8 Å². The predicted octanol–water partition coefficient (Wildman–Crippen LogP) is 1.80. The van der Waals surface area contributed by atoms with E-state index in [1.54, 1.807) is 0 Å². The van der Waals surface area contributed by atoms with E-state index in [9.17, 15) is 18.3 Å². The lowest BCUT2D eigenvalue weighted by Crippen LogP contribution is -2.53. The maximum atomic E-state index is 12.7. The zero-order valence-corrected chi connectivity index (χ0v) is 10.3. The molecule has 3 atom stereocenters. The van der Waals surface area contributed by atoms with Crippen molar-refractivity contribution in [1.82, 2.24) is 4.90 Å². The van der Waals surface area contributed by atoms with E-state index in [1.807, 2.05) is 0 Å². The van der Waals surface area contributed by atoms with Crippen LogP contribution in [-0.2, 0) is 4.74 Å². The fourth-order valence-electron chi connectivity index (χ4n) is 3.11. The SMILES string of the molecule is OC(C1CCCCC1N1CCOCC1)C(F)(F)F. The molecule has 1 aliphatic heterocycles. The Balaban J connectivity index is 2.05. The normalized spacial score (nSPS) is 33.3. The molecule has 1 saturated heterocycles. The van der Waals surface area contributed by atoms with Gasteiger partial charge in [-0.25, -0.2) is 0 Å². The summed E-state index contributed by atoms with van der Waals surface area (Å²) in [5.74, 6) is -0.683. The highest BCUT2D eigenvalue weighted by Crippen LogP contribution is 2.37. The van der Waals surface area contributed by atoms with Gasteiger partial charge < -0.3 is 9.84 Å². The van der Waals surface area contributed by atoms with Gasteiger partial charge in [0.2, 0.25) is 0 Å². The van der Waals surface area contributed by atoms with Crippen LogP contribution >= 0.6 is 0 Å². The Bertz CT molecular complexity index is 267. The number of nitrogens with zero attached hydrogens (tertiary/aromatic N) is 1. The third-order valence-electron chi connectivity index (χ3n) is 4.04. The van der Waals surface area contributed by atoms with Crippen LogP contribution < -0.4 is 0 Å². The summed E-state index contributed by atoms with van der Waals surface area (Å²) >= 11 is 0. The average molecular weight is 267 g/mol. The lowest BCUT2D eigenvalue weighted by Gasteiger charge is -2.43. The summed E-state index contributed by atoms with van der Waals surface area (Å²) in [6.45, 7) is 2.49. The van der Waals surface area contributed by atoms with Gasteiger partial charge in [-0.15, -0.1) is 0 Å². The fourth-order valence-corrected chi connectivity index (χ4v) is 3.11. The molecule has 1 aliphatic carbocycles. The van der Waals surface area contributed by atoms with Crippen LogP contribution in [0.2, 0.25) is 0 Å². The fraction of sp³-hybridized carbons (Fsp3) is 1.00. The number of aliphatic hydroxyl groups excluding tert-OH is 1. The summed E-state index contributed by atoms with van der Waals surface area (Å²) in [5.41, 5.74) is 0. The first-order valence-electron chi connectivity index (χ1n) is 6.56. The number of alkyl halides is 3. The molecule has 1 N–H and O–H groups in total. The Labute approximate surface area is 105 Å². The average Bonchev–Trinajstić information content (AvgIpc) is 2.38. The molecule has 18 heavy (non-hydrogen) atoms. The van der Waals surface area contributed by atoms with E-state index < -0.39 is 18.2 Å². The maximum Gasteiger partial charge on any atom is 0.414 e. The van der Waals surface area contributed by atoms with Crippen molar-refractivity contribution in [3.8, 4) is 0 Å². The Hall–Kier alpha value is -0.330. The first-order valence-corrected chi connectivity index (χ1v) is 6.56. The van der Waals surface area contributed by atoms with Gasteiger partial charge in [0.25, 0.3) is 0 Å². The molecule has 0 amide bonds. The van der Waals surface area contributed by atoms with E-state index in [2.05, 4.69) is 4.90 Å². The molecule has 3 unspecified atom stereocenters. The van der Waals surface area contributed by atoms with Crippen LogP contribution in [0, 0.1) is 5.92 Å². The Kier molecular flexibility index (Phi) is 4.50. The molecule has 2 fully saturated rings. The zero-order valence-electron chi connectivity index (χ0n) is 10.3. The van der Waals surface area contributed by atoms with Crippen LogP contribution in [0.3, 0.4) is 0 Å². The van der Waals surface area contributed by atoms with Gasteiger partial charge in [-0.3, -0.25) is 4.90 Å². The highest BCUT2D eigenvalue weighted by atomic mass is 19.4. The molecule has 0 aromatic carbocycles. The smallest absolute Gasteiger partial charge is 0.383 e. The first kappa shape index (κ1) is 14.1. The lowest BCUT2D eigenvalue weighted by molar-refractivity contribution is -0.229. The van der Waals surface area contributed by atoms with E-state index in [1.165, 1.54) is 0 Å². The molecular formula is C12H20F3NO2. The Morgan fingerprint density at radius 2 is 1.72 bits per heavy atom. The van der Waals surface area contributed by atoms with Crippen molar-refractivity contribution >= 4 is 0 Å². The molecule has 106 valence electrons. The van der Waals surface area contributed by atoms with Crippen LogP contribution in [0.5, 0.6) is 0 Å². The zero-order chi connectivity index (χ0) is 13.2. The van der Waals surface area contributed by atoms with Gasteiger partial charge in [0, 0.05) is 25.0 Å². The first-order chi connectivity index (χ1) is 8.50. The summed E-state index contributed by atoms with van der Waals surface area (Å²) in [4.78, 5) is 2.06. The topological polar surface area (TPSA) is 32.7 Å². The molecule has 0 aromatic heterocycles. The van der Waals surface area contributed by atoms with Gasteiger partial charge in [0.15, 0.2) is 6.10 Å². The van der Waals surface area contributed by atoms with Crippen molar-refractivity contribution < 1.29 is 23.0 Å². The lowest BCUT2D eigenvalue weighted by atomic mass is 9.79. The second-order valence-corrected chi connectivity index (χ2v) is 5.15. The van der Waals surface area contributed by atoms with Crippen molar-refractivity contribution in [3.63, 3.8) is 0 Å². The molecule has 3 nitrogen and oxygen atoms in total. The number of ether oxygens (including phenoxy) is 1. The summed E-state index contributed by atoms with van der Waals surface area (Å²) in [6.07, 6.45) is -3.76. The molecule has 0 spiro atoms. The number of hydrogen-bond acceptors (Lipinski definition) is 3. The monoisotopic (exact) mass is 267 g/mol. The van der Waals surface area contributed by atoms with Gasteiger partial charge in [-0.2, -0.15) is 13.2 Å². The Morgan fingerprint density at radius 1 is 1.11 bits per heavy atom. The van der Waals surface area contributed by atoms with Crippen molar-refractivity contribution in [2.75, 3.05) is 26.3 Å². The second-order valence-electron chi connectivity index (χ2n) is 5.15. The molecule has 1 heterocycles. The summed E-state index contributed by atoms with van der Waals surface area (Å²) in [6, 6.07) is -0.153. The molecule has 2 aliphatic rings. The van der Waals surface area contributed by atoms with E-state index in [4.69, 9.17) is 4.74 Å². The van der Waals surface area contributed by atoms with Crippen LogP contribution in [0.1, 0.15) is 25.7 Å². The number of hydrogen-bond donors (Lipinski definition) is 1. The van der Waals surface area contributed by atoms with Crippen LogP contribution in [-0.4, -0.2) is 54.6 Å². The number of rotatable bonds is 2. The number of halogens is 3. The Morgan fingerprint density at radius 3 is 2.33 bits per heavy atom. The molecular weight excluding hydrogens is 247 g/mol. The highest BCUT2D eigenvalue weighted by molar-refractivity contribution is 4.90. The standard InChI is InChI=1S/C12H20F3NO2/c13-12(14,15)11(17)9-3-1-2-4-10(9)16-5-7-18-8-6-16/h9-11,17H,1-8H2. The van der Waals surface area contributed by atoms with Crippen molar-refractivity contribution in [1.29, 1.82) is 0 Å². The molecule has 1 saturated carbocycles. The summed E-state index contributed by atoms with van der Waals surface area (Å²) in [7, 11) is 0. The molecule has 0 bridgehead atoms. The summed E-state index contributed by atoms with van der Waals surface area (Å²) in [5, 5.41) is 9.53. The minimum absolute atomic E-state index is 0.153. The second kappa shape index (κ2) is 5.75. The predicted molar refractivity (Wildman–Crippen MR) is 60.2 cm³/mol. The van der Waals surface area contributed by atoms with E-state index in [0.717, 1.165) is 19.3 Å². The minimum Gasteiger partial charge on any atom is -0.383 e. The molecule has 6 heteroatoms. The van der Waals surface area contributed by atoms with Gasteiger partial charge in [0.05, 0.1) is 13.2 Å². The highest BCUT2D eigenvalue weighted by Gasteiger charge is 2.47. The van der Waals surface area contributed by atoms with Crippen molar-refractivity contribution in [2.24, 2.45) is 5.92 Å². The minimum atomic E-state index is -4.51. The number of morpholine rings is 1. The van der Waals surface area contributed by atoms with Gasteiger partial charge >= 0.3 is 6.18 Å². The van der Waals surface area contributed by atoms with E-state index >= 15 is 0 Å². The van der Waals surface area contributed by atoms with Gasteiger partial charge in [-0.1, -0.05) is 12.8 Å². The van der Waals surface area contributed by atoms with Crippen LogP contribution in [0.15, 0.2) is 0 Å². The largest absolute Gasteiger partial charge is 0.414 e. The molecule has 0 aromatic rings. The molecule has 0 radical (unpaired) electrons. The van der Waals surface area contributed by atoms with Crippen molar-refractivity contribution in [2.45, 2.75) is 44.0 Å². The maximum absolute atomic E-state index is 12.7. The quantitative estimate of drug-likeness (QED) is 0.828. The third kappa shape index (κ3) is 3.16. The van der Waals surface area contributed by atoms with Crippen LogP contribution in [0.25, 0.3) is 0 Å². The third-order valence-corrected chi connectivity index (χ3v) is 4.04. The summed E-state index contributed by atoms with van der Waals surface area (Å²) < 4.78 is 43.3. The number of aliphatic hydroxyl groups is 1.